The van der Waals surface area contributed by atoms with Crippen LogP contribution < -0.4 is 0 Å². The zero-order chi connectivity index (χ0) is 9.89. The number of carbonyl (C=O) groups excluding carboxylic acids is 1. The molecule has 0 rings (SSSR count). The van der Waals surface area contributed by atoms with E-state index in [0.29, 0.717) is 0 Å². The van der Waals surface area contributed by atoms with Crippen LogP contribution in [-0.4, -0.2) is 16.9 Å². The van der Waals surface area contributed by atoms with E-state index in [2.05, 4.69) is 0 Å². The molecule has 0 aromatic heterocycles. The van der Waals surface area contributed by atoms with Gasteiger partial charge in [0.15, 0.2) is 0 Å². The third-order valence-corrected chi connectivity index (χ3v) is 2.12. The van der Waals surface area contributed by atoms with Gasteiger partial charge >= 0.3 is 5.97 Å². The Morgan fingerprint density at radius 2 is 1.58 bits per heavy atom. The van der Waals surface area contributed by atoms with Gasteiger partial charge in [-0.05, 0) is 12.8 Å². The van der Waals surface area contributed by atoms with Crippen molar-refractivity contribution in [3.05, 3.63) is 0 Å². The molecule has 0 spiro atoms. The largest absolute Gasteiger partial charge is 0.481 e. The van der Waals surface area contributed by atoms with E-state index in [1.807, 2.05) is 13.8 Å². The fourth-order valence-corrected chi connectivity index (χ4v) is 1.55. The van der Waals surface area contributed by atoms with Crippen LogP contribution in [-0.2, 0) is 9.59 Å². The van der Waals surface area contributed by atoms with E-state index in [9.17, 15) is 9.59 Å². The molecule has 0 bridgehead atoms. The van der Waals surface area contributed by atoms with Crippen LogP contribution in [0, 0.1) is 17.8 Å². The van der Waals surface area contributed by atoms with Gasteiger partial charge in [-0.3, -0.25) is 9.59 Å². The summed E-state index contributed by atoms with van der Waals surface area (Å²) in [5, 5.41) is 8.70. The van der Waals surface area contributed by atoms with Crippen molar-refractivity contribution in [3.63, 3.8) is 0 Å². The molecule has 0 fully saturated rings. The lowest BCUT2D eigenvalue weighted by molar-refractivity contribution is -0.146. The third kappa shape index (κ3) is 2.64. The lowest BCUT2D eigenvalue weighted by Gasteiger charge is -2.21. The van der Waals surface area contributed by atoms with Crippen LogP contribution in [0.15, 0.2) is 0 Å². The maximum absolute atomic E-state index is 11.1. The molecule has 3 nitrogen and oxygen atoms in total. The summed E-state index contributed by atoms with van der Waals surface area (Å²) < 4.78 is 0. The summed E-state index contributed by atoms with van der Waals surface area (Å²) in [7, 11) is 0. The summed E-state index contributed by atoms with van der Waals surface area (Å²) in [5.41, 5.74) is 0. The molecule has 0 heterocycles. The maximum Gasteiger partial charge on any atom is 0.306 e. The average molecular weight is 172 g/mol. The molecule has 3 heteroatoms. The fraction of sp³-hybridized carbons (Fsp3) is 0.778. The van der Waals surface area contributed by atoms with Gasteiger partial charge < -0.3 is 5.11 Å². The van der Waals surface area contributed by atoms with Gasteiger partial charge in [-0.1, -0.05) is 20.8 Å². The lowest BCUT2D eigenvalue weighted by atomic mass is 9.82. The van der Waals surface area contributed by atoms with Crippen LogP contribution >= 0.6 is 0 Å². The van der Waals surface area contributed by atoms with Crippen molar-refractivity contribution >= 4 is 11.8 Å². The average Bonchev–Trinajstić information content (AvgIpc) is 1.85. The maximum atomic E-state index is 11.1. The van der Waals surface area contributed by atoms with E-state index in [1.54, 1.807) is 6.92 Å². The summed E-state index contributed by atoms with van der Waals surface area (Å²) in [6.45, 7) is 6.76. The lowest BCUT2D eigenvalue weighted by Crippen LogP contribution is -2.30. The van der Waals surface area contributed by atoms with E-state index < -0.39 is 11.9 Å². The topological polar surface area (TPSA) is 54.4 Å². The highest BCUT2D eigenvalue weighted by Crippen LogP contribution is 2.21. The Morgan fingerprint density at radius 3 is 1.67 bits per heavy atom. The summed E-state index contributed by atoms with van der Waals surface area (Å²) in [5.74, 6) is -1.79. The van der Waals surface area contributed by atoms with Crippen LogP contribution in [0.4, 0.5) is 0 Å². The second-order valence-corrected chi connectivity index (χ2v) is 3.51. The molecule has 0 aromatic rings. The molecule has 0 aliphatic carbocycles. The quantitative estimate of drug-likeness (QED) is 0.700. The van der Waals surface area contributed by atoms with E-state index in [0.717, 1.165) is 0 Å². The van der Waals surface area contributed by atoms with Gasteiger partial charge in [-0.25, -0.2) is 0 Å². The number of carboxylic acids is 1. The van der Waals surface area contributed by atoms with E-state index in [4.69, 9.17) is 5.11 Å². The number of Topliss-reactive ketones (excluding diaryl/α,β-unsaturated/α-hetero) is 1. The number of hydrogen-bond acceptors (Lipinski definition) is 2. The minimum absolute atomic E-state index is 0.0418. The number of carboxylic acid groups (broad SMARTS) is 1. The summed E-state index contributed by atoms with van der Waals surface area (Å²) in [6.07, 6.45) is 0. The van der Waals surface area contributed by atoms with Crippen LogP contribution in [0.5, 0.6) is 0 Å². The van der Waals surface area contributed by atoms with Crippen molar-refractivity contribution in [3.8, 4) is 0 Å². The molecule has 0 saturated carbocycles. The van der Waals surface area contributed by atoms with Crippen molar-refractivity contribution in [2.24, 2.45) is 17.8 Å². The van der Waals surface area contributed by atoms with Crippen LogP contribution in [0.25, 0.3) is 0 Å². The first-order chi connectivity index (χ1) is 5.37. The first kappa shape index (κ1) is 11.1. The Hall–Kier alpha value is -0.860. The van der Waals surface area contributed by atoms with E-state index in [1.165, 1.54) is 6.92 Å². The Balaban J connectivity index is 4.51. The summed E-state index contributed by atoms with van der Waals surface area (Å²) in [4.78, 5) is 21.7. The van der Waals surface area contributed by atoms with Gasteiger partial charge in [-0.2, -0.15) is 0 Å². The highest BCUT2D eigenvalue weighted by atomic mass is 16.4. The minimum Gasteiger partial charge on any atom is -0.481 e. The first-order valence-electron chi connectivity index (χ1n) is 4.11. The molecule has 0 aromatic carbocycles. The molecule has 2 unspecified atom stereocenters. The molecule has 0 saturated heterocycles. The molecule has 12 heavy (non-hydrogen) atoms. The van der Waals surface area contributed by atoms with Gasteiger partial charge in [0.1, 0.15) is 5.78 Å². The zero-order valence-corrected chi connectivity index (χ0v) is 8.00. The Labute approximate surface area is 72.8 Å². The summed E-state index contributed by atoms with van der Waals surface area (Å²) >= 11 is 0. The Morgan fingerprint density at radius 1 is 1.17 bits per heavy atom. The van der Waals surface area contributed by atoms with E-state index in [-0.39, 0.29) is 17.6 Å². The van der Waals surface area contributed by atoms with Crippen molar-refractivity contribution in [1.29, 1.82) is 0 Å². The monoisotopic (exact) mass is 172 g/mol. The standard InChI is InChI=1S/C9H16O3/c1-5(2)8(7(4)10)6(3)9(11)12/h5-6,8H,1-4H3,(H,11,12). The molecular weight excluding hydrogens is 156 g/mol. The van der Waals surface area contributed by atoms with Crippen molar-refractivity contribution < 1.29 is 14.7 Å². The fourth-order valence-electron chi connectivity index (χ4n) is 1.55. The zero-order valence-electron chi connectivity index (χ0n) is 8.00. The molecular formula is C9H16O3. The number of carbonyl (C=O) groups is 2. The molecule has 1 N–H and O–H groups in total. The first-order valence-corrected chi connectivity index (χ1v) is 4.11. The molecule has 0 aliphatic heterocycles. The highest BCUT2D eigenvalue weighted by Gasteiger charge is 2.29. The Kier molecular flexibility index (Phi) is 3.93. The van der Waals surface area contributed by atoms with Crippen molar-refractivity contribution in [2.45, 2.75) is 27.7 Å². The predicted molar refractivity (Wildman–Crippen MR) is 45.8 cm³/mol. The molecule has 0 amide bonds. The van der Waals surface area contributed by atoms with Crippen molar-refractivity contribution in [2.75, 3.05) is 0 Å². The number of aliphatic carboxylic acids is 1. The predicted octanol–water partition coefficient (Wildman–Crippen LogP) is 1.57. The normalized spacial score (nSPS) is 15.8. The molecule has 0 radical (unpaired) electrons. The van der Waals surface area contributed by atoms with Crippen LogP contribution in [0.2, 0.25) is 0 Å². The smallest absolute Gasteiger partial charge is 0.306 e. The van der Waals surface area contributed by atoms with Crippen LogP contribution in [0.3, 0.4) is 0 Å². The van der Waals surface area contributed by atoms with Gasteiger partial charge in [-0.15, -0.1) is 0 Å². The SMILES string of the molecule is CC(=O)C(C(C)C)C(C)C(=O)O. The van der Waals surface area contributed by atoms with Crippen molar-refractivity contribution in [1.82, 2.24) is 0 Å². The molecule has 70 valence electrons. The third-order valence-electron chi connectivity index (χ3n) is 2.12. The van der Waals surface area contributed by atoms with Crippen LogP contribution in [0.1, 0.15) is 27.7 Å². The number of rotatable bonds is 4. The number of hydrogen-bond donors (Lipinski definition) is 1. The van der Waals surface area contributed by atoms with Gasteiger partial charge in [0, 0.05) is 5.92 Å². The van der Waals surface area contributed by atoms with E-state index >= 15 is 0 Å². The second-order valence-electron chi connectivity index (χ2n) is 3.51. The van der Waals surface area contributed by atoms with Gasteiger partial charge in [0.05, 0.1) is 5.92 Å². The number of ketones is 1. The van der Waals surface area contributed by atoms with Gasteiger partial charge in [0.25, 0.3) is 0 Å². The highest BCUT2D eigenvalue weighted by molar-refractivity contribution is 5.84. The Bertz CT molecular complexity index is 184. The summed E-state index contributed by atoms with van der Waals surface area (Å²) in [6, 6.07) is 0. The minimum atomic E-state index is -0.899. The molecule has 0 aliphatic rings. The second kappa shape index (κ2) is 4.24. The van der Waals surface area contributed by atoms with Gasteiger partial charge in [0.2, 0.25) is 0 Å². The molecule has 2 atom stereocenters.